The number of fused-ring (bicyclic) bond motifs is 1. The summed E-state index contributed by atoms with van der Waals surface area (Å²) in [5.74, 6) is -0.819. The third-order valence-corrected chi connectivity index (χ3v) is 9.43. The summed E-state index contributed by atoms with van der Waals surface area (Å²) in [5, 5.41) is 0.187. The molecule has 228 valence electrons. The molecule has 0 aromatic carbocycles. The average molecular weight is 619 g/mol. The number of pyridine rings is 3. The molecule has 0 radical (unpaired) electrons. The van der Waals surface area contributed by atoms with Crippen LogP contribution in [0.5, 0.6) is 0 Å². The molecule has 2 aliphatic rings. The first-order chi connectivity index (χ1) is 21.0. The number of hydrogen-bond acceptors (Lipinski definition) is 10. The summed E-state index contributed by atoms with van der Waals surface area (Å²) in [6, 6.07) is 4.09. The second-order valence-electron chi connectivity index (χ2n) is 11.2. The second-order valence-corrected chi connectivity index (χ2v) is 13.2. The van der Waals surface area contributed by atoms with Gasteiger partial charge in [-0.1, -0.05) is 13.0 Å². The molecule has 2 N–H and O–H groups in total. The smallest absolute Gasteiger partial charge is 0.355 e. The Balaban J connectivity index is 1.67. The van der Waals surface area contributed by atoms with Crippen molar-refractivity contribution >= 4 is 38.3 Å². The summed E-state index contributed by atoms with van der Waals surface area (Å²) in [6.45, 7) is 6.39. The predicted molar refractivity (Wildman–Crippen MR) is 164 cm³/mol. The van der Waals surface area contributed by atoms with Crippen molar-refractivity contribution in [3.05, 3.63) is 71.3 Å². The van der Waals surface area contributed by atoms with Gasteiger partial charge in [-0.25, -0.2) is 27.2 Å². The van der Waals surface area contributed by atoms with E-state index in [0.29, 0.717) is 25.2 Å². The van der Waals surface area contributed by atoms with E-state index in [-0.39, 0.29) is 62.4 Å². The number of aromatic nitrogens is 5. The molecule has 12 nitrogen and oxygen atoms in total. The van der Waals surface area contributed by atoms with Crippen molar-refractivity contribution in [1.29, 1.82) is 0 Å². The highest BCUT2D eigenvalue weighted by Gasteiger charge is 2.33. The summed E-state index contributed by atoms with van der Waals surface area (Å²) < 4.78 is 43.3. The van der Waals surface area contributed by atoms with Gasteiger partial charge in [0.15, 0.2) is 21.3 Å². The summed E-state index contributed by atoms with van der Waals surface area (Å²) >= 11 is 0. The highest BCUT2D eigenvalue weighted by molar-refractivity contribution is 7.90. The van der Waals surface area contributed by atoms with E-state index in [1.165, 1.54) is 24.5 Å². The van der Waals surface area contributed by atoms with Gasteiger partial charge >= 0.3 is 5.69 Å². The summed E-state index contributed by atoms with van der Waals surface area (Å²) in [7, 11) is -3.88. The molecule has 0 bridgehead atoms. The lowest BCUT2D eigenvalue weighted by Gasteiger charge is -2.40. The fourth-order valence-electron chi connectivity index (χ4n) is 5.89. The summed E-state index contributed by atoms with van der Waals surface area (Å²) in [6.07, 6.45) is 9.06. The minimum absolute atomic E-state index is 0.00470. The summed E-state index contributed by atoms with van der Waals surface area (Å²) in [4.78, 5) is 47.2. The van der Waals surface area contributed by atoms with E-state index in [2.05, 4.69) is 26.5 Å². The highest BCUT2D eigenvalue weighted by atomic mass is 32.2. The third kappa shape index (κ3) is 4.98. The van der Waals surface area contributed by atoms with Crippen LogP contribution in [0.3, 0.4) is 0 Å². The van der Waals surface area contributed by atoms with Gasteiger partial charge in [0.05, 0.1) is 16.8 Å². The van der Waals surface area contributed by atoms with Crippen LogP contribution in [-0.4, -0.2) is 75.7 Å². The van der Waals surface area contributed by atoms with E-state index in [1.54, 1.807) is 23.2 Å². The maximum absolute atomic E-state index is 16.0. The van der Waals surface area contributed by atoms with Crippen molar-refractivity contribution in [2.24, 2.45) is 0 Å². The Hall–Kier alpha value is -4.72. The molecule has 4 aromatic rings. The molecule has 4 aromatic heterocycles. The molecule has 6 rings (SSSR count). The molecule has 1 saturated heterocycles. The Labute approximate surface area is 253 Å². The molecule has 0 spiro atoms. The molecular formula is C30H31FN8O4S. The zero-order valence-electron chi connectivity index (χ0n) is 24.3. The number of anilines is 2. The molecule has 2 fully saturated rings. The standard InChI is InChI=1S/C30H31FN8O4S/c1-4-24(40)37-11-12-38(17(2)16-37)28-19-13-21(31)25(26-22(32)9-6-10-34-26)35-29(19)39(30(41)36-28)27-20(18-7-5-8-18)14-33-15-23(27)44(3,42)43/h4,6,9-10,13-15,17-18H,1,5,7-8,11-12,16,32H2,2-3H3/t17-/m0/s1. The van der Waals surface area contributed by atoms with Gasteiger partial charge < -0.3 is 15.5 Å². The van der Waals surface area contributed by atoms with Gasteiger partial charge in [-0.15, -0.1) is 0 Å². The van der Waals surface area contributed by atoms with Crippen molar-refractivity contribution < 1.29 is 17.6 Å². The quantitative estimate of drug-likeness (QED) is 0.319. The molecule has 14 heteroatoms. The number of carbonyl (C=O) groups excluding carboxylic acids is 1. The van der Waals surface area contributed by atoms with E-state index in [1.807, 2.05) is 11.8 Å². The third-order valence-electron chi connectivity index (χ3n) is 8.33. The van der Waals surface area contributed by atoms with Crippen molar-refractivity contribution in [3.8, 4) is 17.1 Å². The molecule has 1 amide bonds. The van der Waals surface area contributed by atoms with E-state index < -0.39 is 21.3 Å². The molecule has 1 aliphatic carbocycles. The van der Waals surface area contributed by atoms with Gasteiger partial charge in [-0.3, -0.25) is 14.8 Å². The van der Waals surface area contributed by atoms with E-state index in [4.69, 9.17) is 5.73 Å². The number of nitrogen functional groups attached to an aromatic ring is 1. The lowest BCUT2D eigenvalue weighted by atomic mass is 9.80. The fraction of sp³-hybridized carbons (Fsp3) is 0.333. The number of halogens is 1. The van der Waals surface area contributed by atoms with Gasteiger partial charge in [0.25, 0.3) is 0 Å². The van der Waals surface area contributed by atoms with Crippen molar-refractivity contribution in [3.63, 3.8) is 0 Å². The molecule has 1 saturated carbocycles. The zero-order chi connectivity index (χ0) is 31.3. The largest absolute Gasteiger partial charge is 0.397 e. The van der Waals surface area contributed by atoms with Crippen molar-refractivity contribution in [2.75, 3.05) is 36.5 Å². The zero-order valence-corrected chi connectivity index (χ0v) is 25.1. The monoisotopic (exact) mass is 618 g/mol. The molecule has 0 unspecified atom stereocenters. The van der Waals surface area contributed by atoms with E-state index in [0.717, 1.165) is 30.1 Å². The van der Waals surface area contributed by atoms with Crippen LogP contribution in [0.15, 0.2) is 59.1 Å². The number of sulfone groups is 1. The predicted octanol–water partition coefficient (Wildman–Crippen LogP) is 2.85. The van der Waals surface area contributed by atoms with Gasteiger partial charge in [0.1, 0.15) is 22.1 Å². The van der Waals surface area contributed by atoms with Crippen LogP contribution in [0.4, 0.5) is 15.9 Å². The van der Waals surface area contributed by atoms with Crippen molar-refractivity contribution in [1.82, 2.24) is 29.4 Å². The Kier molecular flexibility index (Phi) is 7.40. The topological polar surface area (TPSA) is 157 Å². The first-order valence-electron chi connectivity index (χ1n) is 14.2. The Morgan fingerprint density at radius 3 is 2.59 bits per heavy atom. The van der Waals surface area contributed by atoms with Gasteiger partial charge in [-0.05, 0) is 55.5 Å². The lowest BCUT2D eigenvalue weighted by molar-refractivity contribution is -0.126. The lowest BCUT2D eigenvalue weighted by Crippen LogP contribution is -2.54. The van der Waals surface area contributed by atoms with Crippen LogP contribution < -0.4 is 16.3 Å². The van der Waals surface area contributed by atoms with Crippen LogP contribution >= 0.6 is 0 Å². The SMILES string of the molecule is C=CC(=O)N1CCN(c2nc(=O)n(-c3c(C4CCC4)cncc3S(C)(=O)=O)c3nc(-c4ncccc4N)c(F)cc23)[C@@H](C)C1. The number of amides is 1. The van der Waals surface area contributed by atoms with Crippen LogP contribution in [-0.2, 0) is 14.6 Å². The van der Waals surface area contributed by atoms with Gasteiger partial charge in [0, 0.05) is 50.5 Å². The number of piperazine rings is 1. The number of nitrogens with zero attached hydrogens (tertiary/aromatic N) is 7. The molecule has 44 heavy (non-hydrogen) atoms. The number of nitrogens with two attached hydrogens (primary N) is 1. The molecular weight excluding hydrogens is 587 g/mol. The highest BCUT2D eigenvalue weighted by Crippen LogP contribution is 2.41. The van der Waals surface area contributed by atoms with Crippen LogP contribution in [0, 0.1) is 5.82 Å². The normalized spacial score (nSPS) is 17.5. The van der Waals surface area contributed by atoms with Crippen LogP contribution in [0.25, 0.3) is 28.1 Å². The van der Waals surface area contributed by atoms with E-state index >= 15 is 4.39 Å². The van der Waals surface area contributed by atoms with Crippen LogP contribution in [0.1, 0.15) is 37.7 Å². The van der Waals surface area contributed by atoms with Gasteiger partial charge in [-0.2, -0.15) is 4.98 Å². The Morgan fingerprint density at radius 2 is 1.95 bits per heavy atom. The Bertz CT molecular complexity index is 1990. The molecule has 1 aliphatic heterocycles. The van der Waals surface area contributed by atoms with E-state index in [9.17, 15) is 18.0 Å². The second kappa shape index (κ2) is 11.1. The summed E-state index contributed by atoms with van der Waals surface area (Å²) in [5.41, 5.74) is 6.08. The van der Waals surface area contributed by atoms with Crippen molar-refractivity contribution in [2.45, 2.75) is 43.0 Å². The maximum atomic E-state index is 16.0. The first kappa shape index (κ1) is 29.4. The average Bonchev–Trinajstić information content (AvgIpc) is 2.95. The number of carbonyl (C=O) groups is 1. The van der Waals surface area contributed by atoms with Crippen LogP contribution in [0.2, 0.25) is 0 Å². The minimum Gasteiger partial charge on any atom is -0.397 e. The number of rotatable bonds is 6. The number of hydrogen-bond donors (Lipinski definition) is 1. The Morgan fingerprint density at radius 1 is 1.18 bits per heavy atom. The molecule has 5 heterocycles. The maximum Gasteiger partial charge on any atom is 0.355 e. The first-order valence-corrected chi connectivity index (χ1v) is 16.1. The molecule has 1 atom stereocenters. The fourth-order valence-corrected chi connectivity index (χ4v) is 6.70. The van der Waals surface area contributed by atoms with Gasteiger partial charge in [0.2, 0.25) is 5.91 Å². The minimum atomic E-state index is -3.88.